The largest absolute Gasteiger partial charge is 0.142 e. The topological polar surface area (TPSA) is 0 Å². The fourth-order valence-electron chi connectivity index (χ4n) is 4.02. The summed E-state index contributed by atoms with van der Waals surface area (Å²) in [6.07, 6.45) is 6.48. The Morgan fingerprint density at radius 3 is 2.67 bits per heavy atom. The van der Waals surface area contributed by atoms with Gasteiger partial charge in [-0.2, -0.15) is 0 Å². The molecule has 1 aliphatic carbocycles. The molecule has 1 unspecified atom stereocenters. The lowest BCUT2D eigenvalue weighted by molar-refractivity contribution is 0.224. The van der Waals surface area contributed by atoms with Crippen molar-refractivity contribution in [3.8, 4) is 0 Å². The number of hydrogen-bond donors (Lipinski definition) is 0. The molecule has 3 heteroatoms. The minimum atomic E-state index is 0.144. The summed E-state index contributed by atoms with van der Waals surface area (Å²) >= 11 is 12.6. The number of thiophene rings is 1. The molecule has 1 atom stereocenters. The van der Waals surface area contributed by atoms with Gasteiger partial charge in [-0.1, -0.05) is 38.8 Å². The van der Waals surface area contributed by atoms with Crippen LogP contribution in [0.5, 0.6) is 0 Å². The van der Waals surface area contributed by atoms with Crippen molar-refractivity contribution < 1.29 is 0 Å². The van der Waals surface area contributed by atoms with Crippen molar-refractivity contribution in [2.24, 2.45) is 11.3 Å². The van der Waals surface area contributed by atoms with Crippen molar-refractivity contribution in [2.75, 3.05) is 0 Å². The van der Waals surface area contributed by atoms with E-state index in [1.807, 2.05) is 11.3 Å². The first-order valence-corrected chi connectivity index (χ1v) is 9.94. The summed E-state index contributed by atoms with van der Waals surface area (Å²) in [4.78, 5) is 0. The first kappa shape index (κ1) is 15.8. The Hall–Kier alpha value is -0.0500. The molecule has 0 amide bonds. The lowest BCUT2D eigenvalue weighted by Crippen LogP contribution is -2.24. The van der Waals surface area contributed by atoms with Gasteiger partial charge in [0, 0.05) is 9.17 Å². The molecule has 1 saturated carbocycles. The molecule has 0 saturated heterocycles. The number of benzene rings is 1. The van der Waals surface area contributed by atoms with Crippen LogP contribution >= 0.6 is 38.9 Å². The maximum absolute atomic E-state index is 7.08. The fourth-order valence-corrected chi connectivity index (χ4v) is 6.23. The van der Waals surface area contributed by atoms with E-state index in [4.69, 9.17) is 11.6 Å². The highest BCUT2D eigenvalue weighted by molar-refractivity contribution is 9.10. The number of alkyl halides is 1. The summed E-state index contributed by atoms with van der Waals surface area (Å²) in [5.41, 5.74) is 1.65. The van der Waals surface area contributed by atoms with E-state index in [1.54, 1.807) is 0 Å². The van der Waals surface area contributed by atoms with Crippen LogP contribution in [0.2, 0.25) is 0 Å². The van der Waals surface area contributed by atoms with Gasteiger partial charge in [-0.3, -0.25) is 0 Å². The van der Waals surface area contributed by atoms with Crippen LogP contribution in [-0.4, -0.2) is 0 Å². The molecule has 0 nitrogen and oxygen atoms in total. The highest BCUT2D eigenvalue weighted by Crippen LogP contribution is 2.56. The molecular weight excluding hydrogens is 364 g/mol. The molecule has 114 valence electrons. The third kappa shape index (κ3) is 2.92. The molecule has 0 bridgehead atoms. The Morgan fingerprint density at radius 1 is 1.29 bits per heavy atom. The predicted molar refractivity (Wildman–Crippen MR) is 98.5 cm³/mol. The average Bonchev–Trinajstić information content (AvgIpc) is 3.05. The van der Waals surface area contributed by atoms with Crippen LogP contribution in [0.3, 0.4) is 0 Å². The second-order valence-electron chi connectivity index (χ2n) is 6.84. The smallest absolute Gasteiger partial charge is 0.0655 e. The summed E-state index contributed by atoms with van der Waals surface area (Å²) in [5.74, 6) is 0.709. The van der Waals surface area contributed by atoms with Crippen LogP contribution in [0.4, 0.5) is 0 Å². The minimum Gasteiger partial charge on any atom is -0.142 e. The van der Waals surface area contributed by atoms with Gasteiger partial charge >= 0.3 is 0 Å². The van der Waals surface area contributed by atoms with E-state index in [1.165, 1.54) is 52.2 Å². The van der Waals surface area contributed by atoms with Gasteiger partial charge in [-0.05, 0) is 68.9 Å². The van der Waals surface area contributed by atoms with Gasteiger partial charge in [0.15, 0.2) is 0 Å². The standard InChI is InChI=1S/C18H22BrClS/c1-12(2)10-18(8-3-4-9-18)17(20)14-11-21-16-13(14)6-5-7-15(16)19/h5-7,11-12,17H,3-4,8-10H2,1-2H3. The molecule has 0 spiro atoms. The molecule has 1 aromatic heterocycles. The number of rotatable bonds is 4. The fraction of sp³-hybridized carbons (Fsp3) is 0.556. The molecule has 0 radical (unpaired) electrons. The Labute approximate surface area is 145 Å². The van der Waals surface area contributed by atoms with Crippen molar-refractivity contribution in [3.63, 3.8) is 0 Å². The molecule has 0 N–H and O–H groups in total. The molecule has 0 aliphatic heterocycles. The van der Waals surface area contributed by atoms with Gasteiger partial charge in [0.25, 0.3) is 0 Å². The highest BCUT2D eigenvalue weighted by atomic mass is 79.9. The minimum absolute atomic E-state index is 0.144. The normalized spacial score (nSPS) is 19.5. The van der Waals surface area contributed by atoms with Crippen molar-refractivity contribution in [2.45, 2.75) is 51.3 Å². The van der Waals surface area contributed by atoms with E-state index in [2.05, 4.69) is 53.4 Å². The van der Waals surface area contributed by atoms with Gasteiger partial charge in [0.1, 0.15) is 0 Å². The van der Waals surface area contributed by atoms with E-state index in [9.17, 15) is 0 Å². The van der Waals surface area contributed by atoms with E-state index in [-0.39, 0.29) is 5.38 Å². The molecule has 1 aromatic carbocycles. The molecule has 2 aromatic rings. The van der Waals surface area contributed by atoms with Gasteiger partial charge in [-0.25, -0.2) is 0 Å². The third-order valence-corrected chi connectivity index (χ3v) is 7.48. The number of fused-ring (bicyclic) bond motifs is 1. The Kier molecular flexibility index (Phi) is 4.69. The summed E-state index contributed by atoms with van der Waals surface area (Å²) in [5, 5.41) is 3.77. The van der Waals surface area contributed by atoms with Gasteiger partial charge in [-0.15, -0.1) is 22.9 Å². The van der Waals surface area contributed by atoms with E-state index in [0.717, 1.165) is 0 Å². The second kappa shape index (κ2) is 6.22. The van der Waals surface area contributed by atoms with Crippen LogP contribution in [-0.2, 0) is 0 Å². The predicted octanol–water partition coefficient (Wildman–Crippen LogP) is 7.55. The van der Waals surface area contributed by atoms with Crippen LogP contribution < -0.4 is 0 Å². The maximum Gasteiger partial charge on any atom is 0.0655 e. The SMILES string of the molecule is CC(C)CC1(C(Cl)c2csc3c(Br)cccc23)CCCC1. The van der Waals surface area contributed by atoms with E-state index >= 15 is 0 Å². The number of halogens is 2. The lowest BCUT2D eigenvalue weighted by atomic mass is 9.73. The molecule has 1 aliphatic rings. The zero-order chi connectivity index (χ0) is 15.0. The first-order chi connectivity index (χ1) is 10.0. The monoisotopic (exact) mass is 384 g/mol. The first-order valence-electron chi connectivity index (χ1n) is 7.83. The summed E-state index contributed by atoms with van der Waals surface area (Å²) in [6.45, 7) is 4.65. The van der Waals surface area contributed by atoms with E-state index in [0.29, 0.717) is 11.3 Å². The Bertz CT molecular complexity index is 625. The molecule has 21 heavy (non-hydrogen) atoms. The molecule has 3 rings (SSSR count). The van der Waals surface area contributed by atoms with Crippen LogP contribution in [0, 0.1) is 11.3 Å². The van der Waals surface area contributed by atoms with Crippen molar-refractivity contribution in [1.29, 1.82) is 0 Å². The zero-order valence-corrected chi connectivity index (χ0v) is 15.8. The van der Waals surface area contributed by atoms with E-state index < -0.39 is 0 Å². The summed E-state index contributed by atoms with van der Waals surface area (Å²) in [6, 6.07) is 6.46. The molecule has 1 heterocycles. The van der Waals surface area contributed by atoms with Crippen LogP contribution in [0.25, 0.3) is 10.1 Å². The second-order valence-corrected chi connectivity index (χ2v) is 9.01. The van der Waals surface area contributed by atoms with Crippen LogP contribution in [0.15, 0.2) is 28.1 Å². The average molecular weight is 386 g/mol. The third-order valence-electron chi connectivity index (χ3n) is 4.81. The molecule has 1 fully saturated rings. The van der Waals surface area contributed by atoms with Gasteiger partial charge in [0.2, 0.25) is 0 Å². The Balaban J connectivity index is 2.02. The van der Waals surface area contributed by atoms with Crippen molar-refractivity contribution in [3.05, 3.63) is 33.6 Å². The summed E-state index contributed by atoms with van der Waals surface area (Å²) < 4.78 is 2.51. The van der Waals surface area contributed by atoms with Crippen molar-refractivity contribution in [1.82, 2.24) is 0 Å². The van der Waals surface area contributed by atoms with Gasteiger partial charge < -0.3 is 0 Å². The lowest BCUT2D eigenvalue weighted by Gasteiger charge is -2.35. The molecular formula is C18H22BrClS. The van der Waals surface area contributed by atoms with Gasteiger partial charge in [0.05, 0.1) is 5.38 Å². The Morgan fingerprint density at radius 2 is 2.00 bits per heavy atom. The van der Waals surface area contributed by atoms with Crippen LogP contribution in [0.1, 0.15) is 56.9 Å². The summed E-state index contributed by atoms with van der Waals surface area (Å²) in [7, 11) is 0. The number of hydrogen-bond acceptors (Lipinski definition) is 1. The maximum atomic E-state index is 7.08. The highest BCUT2D eigenvalue weighted by Gasteiger charge is 2.42. The zero-order valence-electron chi connectivity index (χ0n) is 12.7. The quantitative estimate of drug-likeness (QED) is 0.476. The van der Waals surface area contributed by atoms with Crippen molar-refractivity contribution >= 4 is 49.0 Å².